The van der Waals surface area contributed by atoms with Crippen molar-refractivity contribution in [3.63, 3.8) is 0 Å². The summed E-state index contributed by atoms with van der Waals surface area (Å²) in [7, 11) is 2.70. The molecule has 0 aromatic heterocycles. The summed E-state index contributed by atoms with van der Waals surface area (Å²) in [5.41, 5.74) is 0.407. The van der Waals surface area contributed by atoms with Gasteiger partial charge in [-0.1, -0.05) is 6.07 Å². The lowest BCUT2D eigenvalue weighted by molar-refractivity contribution is -0.143. The number of nitrogens with one attached hydrogen (secondary N) is 1. The van der Waals surface area contributed by atoms with Gasteiger partial charge < -0.3 is 19.5 Å². The minimum absolute atomic E-state index is 0.140. The number of rotatable bonds is 5. The quantitative estimate of drug-likeness (QED) is 0.829. The van der Waals surface area contributed by atoms with E-state index in [0.29, 0.717) is 16.9 Å². The zero-order chi connectivity index (χ0) is 18.3. The Hall–Kier alpha value is -2.75. The largest absolute Gasteiger partial charge is 0.496 e. The molecule has 0 aliphatic rings. The fraction of sp³-hybridized carbons (Fsp3) is 0.471. The first-order chi connectivity index (χ1) is 11.2. The summed E-state index contributed by atoms with van der Waals surface area (Å²) >= 11 is 0. The molecule has 0 spiro atoms. The number of benzene rings is 1. The Labute approximate surface area is 141 Å². The fourth-order valence-electron chi connectivity index (χ4n) is 1.99. The number of hydrogen-bond acceptors (Lipinski definition) is 6. The Morgan fingerprint density at radius 3 is 2.46 bits per heavy atom. The van der Waals surface area contributed by atoms with Gasteiger partial charge in [0, 0.05) is 6.42 Å². The summed E-state index contributed by atoms with van der Waals surface area (Å²) in [6.45, 7) is 5.18. The van der Waals surface area contributed by atoms with Crippen molar-refractivity contribution in [2.75, 3.05) is 14.2 Å². The van der Waals surface area contributed by atoms with Crippen molar-refractivity contribution >= 4 is 12.1 Å². The van der Waals surface area contributed by atoms with Crippen LogP contribution in [0.15, 0.2) is 18.2 Å². The number of alkyl carbamates (subject to hydrolysis) is 1. The van der Waals surface area contributed by atoms with Crippen LogP contribution in [0.2, 0.25) is 0 Å². The maximum absolute atomic E-state index is 12.0. The van der Waals surface area contributed by atoms with Gasteiger partial charge in [0.25, 0.3) is 0 Å². The van der Waals surface area contributed by atoms with E-state index in [2.05, 4.69) is 5.32 Å². The Bertz CT molecular complexity index is 643. The maximum Gasteiger partial charge on any atom is 0.408 e. The van der Waals surface area contributed by atoms with E-state index in [1.54, 1.807) is 39.0 Å². The van der Waals surface area contributed by atoms with Gasteiger partial charge in [0.1, 0.15) is 17.4 Å². The van der Waals surface area contributed by atoms with Crippen molar-refractivity contribution in [3.8, 4) is 11.8 Å². The van der Waals surface area contributed by atoms with Gasteiger partial charge in [-0.25, -0.2) is 9.59 Å². The van der Waals surface area contributed by atoms with Crippen LogP contribution in [0, 0.1) is 11.3 Å². The molecule has 1 aromatic rings. The number of amides is 1. The Morgan fingerprint density at radius 1 is 1.29 bits per heavy atom. The van der Waals surface area contributed by atoms with Crippen molar-refractivity contribution in [1.29, 1.82) is 5.26 Å². The zero-order valence-corrected chi connectivity index (χ0v) is 14.5. The van der Waals surface area contributed by atoms with Crippen LogP contribution in [0.5, 0.6) is 5.75 Å². The van der Waals surface area contributed by atoms with Gasteiger partial charge in [-0.05, 0) is 38.5 Å². The van der Waals surface area contributed by atoms with Crippen LogP contribution in [0.4, 0.5) is 4.79 Å². The van der Waals surface area contributed by atoms with Gasteiger partial charge in [-0.2, -0.15) is 5.26 Å². The van der Waals surface area contributed by atoms with Gasteiger partial charge >= 0.3 is 12.1 Å². The maximum atomic E-state index is 12.0. The molecule has 0 fully saturated rings. The third-order valence-corrected chi connectivity index (χ3v) is 3.02. The molecule has 1 amide bonds. The van der Waals surface area contributed by atoms with Gasteiger partial charge in [-0.15, -0.1) is 0 Å². The summed E-state index contributed by atoms with van der Waals surface area (Å²) in [5.74, 6) is -0.152. The van der Waals surface area contributed by atoms with Crippen LogP contribution in [-0.2, 0) is 20.7 Å². The first-order valence-corrected chi connectivity index (χ1v) is 7.34. The second-order valence-electron chi connectivity index (χ2n) is 6.06. The molecule has 1 rings (SSSR count). The summed E-state index contributed by atoms with van der Waals surface area (Å²) < 4.78 is 15.1. The molecule has 0 aliphatic carbocycles. The minimum Gasteiger partial charge on any atom is -0.496 e. The van der Waals surface area contributed by atoms with E-state index >= 15 is 0 Å². The Balaban J connectivity index is 2.97. The van der Waals surface area contributed by atoms with E-state index in [1.165, 1.54) is 14.2 Å². The predicted octanol–water partition coefficient (Wildman–Crippen LogP) is 2.18. The summed E-state index contributed by atoms with van der Waals surface area (Å²) in [4.78, 5) is 23.9. The molecule has 0 saturated heterocycles. The van der Waals surface area contributed by atoms with Crippen LogP contribution in [0.3, 0.4) is 0 Å². The predicted molar refractivity (Wildman–Crippen MR) is 86.6 cm³/mol. The molecular weight excluding hydrogens is 312 g/mol. The number of nitrogens with zero attached hydrogens (tertiary/aromatic N) is 1. The van der Waals surface area contributed by atoms with Crippen LogP contribution < -0.4 is 10.1 Å². The van der Waals surface area contributed by atoms with Crippen LogP contribution >= 0.6 is 0 Å². The van der Waals surface area contributed by atoms with Gasteiger partial charge in [0.2, 0.25) is 0 Å². The first-order valence-electron chi connectivity index (χ1n) is 7.34. The fourth-order valence-corrected chi connectivity index (χ4v) is 1.99. The average molecular weight is 334 g/mol. The van der Waals surface area contributed by atoms with Crippen molar-refractivity contribution in [2.24, 2.45) is 0 Å². The molecule has 0 heterocycles. The highest BCUT2D eigenvalue weighted by atomic mass is 16.6. The molecule has 0 aliphatic heterocycles. The van der Waals surface area contributed by atoms with Crippen molar-refractivity contribution in [3.05, 3.63) is 29.3 Å². The molecule has 1 atom stereocenters. The van der Waals surface area contributed by atoms with E-state index in [4.69, 9.17) is 19.5 Å². The van der Waals surface area contributed by atoms with E-state index in [-0.39, 0.29) is 6.42 Å². The normalized spacial score (nSPS) is 11.8. The molecule has 0 unspecified atom stereocenters. The lowest BCUT2D eigenvalue weighted by Crippen LogP contribution is -2.45. The lowest BCUT2D eigenvalue weighted by Gasteiger charge is -2.23. The highest BCUT2D eigenvalue weighted by molar-refractivity contribution is 5.81. The highest BCUT2D eigenvalue weighted by Gasteiger charge is 2.26. The second kappa shape index (κ2) is 8.20. The number of carbonyl (C=O) groups is 2. The van der Waals surface area contributed by atoms with Crippen LogP contribution in [-0.4, -0.2) is 37.9 Å². The zero-order valence-electron chi connectivity index (χ0n) is 14.5. The van der Waals surface area contributed by atoms with Crippen LogP contribution in [0.1, 0.15) is 31.9 Å². The molecule has 24 heavy (non-hydrogen) atoms. The molecule has 7 heteroatoms. The summed E-state index contributed by atoms with van der Waals surface area (Å²) in [6.07, 6.45) is -0.577. The third kappa shape index (κ3) is 5.80. The number of ether oxygens (including phenoxy) is 3. The third-order valence-electron chi connectivity index (χ3n) is 3.02. The molecule has 1 N–H and O–H groups in total. The average Bonchev–Trinajstić information content (AvgIpc) is 2.51. The minimum atomic E-state index is -0.938. The highest BCUT2D eigenvalue weighted by Crippen LogP contribution is 2.22. The summed E-state index contributed by atoms with van der Waals surface area (Å²) in [6, 6.07) is 5.92. The molecule has 130 valence electrons. The summed E-state index contributed by atoms with van der Waals surface area (Å²) in [5, 5.41) is 11.4. The van der Waals surface area contributed by atoms with Crippen molar-refractivity contribution < 1.29 is 23.8 Å². The van der Waals surface area contributed by atoms with E-state index in [0.717, 1.165) is 0 Å². The Morgan fingerprint density at radius 2 is 1.96 bits per heavy atom. The van der Waals surface area contributed by atoms with E-state index in [9.17, 15) is 9.59 Å². The van der Waals surface area contributed by atoms with E-state index in [1.807, 2.05) is 6.07 Å². The van der Waals surface area contributed by atoms with Gasteiger partial charge in [0.05, 0.1) is 25.9 Å². The topological polar surface area (TPSA) is 97.7 Å². The van der Waals surface area contributed by atoms with Gasteiger partial charge in [-0.3, -0.25) is 0 Å². The van der Waals surface area contributed by atoms with Crippen molar-refractivity contribution in [2.45, 2.75) is 38.8 Å². The number of esters is 1. The van der Waals surface area contributed by atoms with Crippen LogP contribution in [0.25, 0.3) is 0 Å². The van der Waals surface area contributed by atoms with E-state index < -0.39 is 23.7 Å². The molecule has 7 nitrogen and oxygen atoms in total. The smallest absolute Gasteiger partial charge is 0.408 e. The standard InChI is InChI=1S/C17H22N2O5/c1-17(2,3)24-16(21)19-13(15(20)23-5)9-12-7-6-11(10-18)8-14(12)22-4/h6-8,13H,9H2,1-5H3,(H,19,21)/t13-/m1/s1. The SMILES string of the molecule is COC(=O)[C@@H](Cc1ccc(C#N)cc1OC)NC(=O)OC(C)(C)C. The monoisotopic (exact) mass is 334 g/mol. The number of methoxy groups -OCH3 is 2. The molecular formula is C17H22N2O5. The lowest BCUT2D eigenvalue weighted by atomic mass is 10.0. The molecule has 0 saturated carbocycles. The number of nitriles is 1. The van der Waals surface area contributed by atoms with Crippen molar-refractivity contribution in [1.82, 2.24) is 5.32 Å². The first kappa shape index (κ1) is 19.3. The Kier molecular flexibility index (Phi) is 6.59. The molecule has 0 bridgehead atoms. The molecule has 1 aromatic carbocycles. The molecule has 0 radical (unpaired) electrons. The number of carbonyl (C=O) groups excluding carboxylic acids is 2. The second-order valence-corrected chi connectivity index (χ2v) is 6.06. The van der Waals surface area contributed by atoms with Gasteiger partial charge in [0.15, 0.2) is 0 Å². The number of hydrogen-bond donors (Lipinski definition) is 1.